The first-order valence-electron chi connectivity index (χ1n) is 5.85. The summed E-state index contributed by atoms with van der Waals surface area (Å²) in [4.78, 5) is 34.9. The van der Waals surface area contributed by atoms with Gasteiger partial charge in [0.2, 0.25) is 5.91 Å². The van der Waals surface area contributed by atoms with Crippen LogP contribution in [0.25, 0.3) is 0 Å². The van der Waals surface area contributed by atoms with Crippen molar-refractivity contribution in [3.8, 4) is 0 Å². The number of Topliss-reactive ketones (excluding diaryl/α,β-unsaturated/α-hetero) is 1. The molecule has 0 radical (unpaired) electrons. The smallest absolute Gasteiger partial charge is 0.409 e. The summed E-state index contributed by atoms with van der Waals surface area (Å²) in [5.41, 5.74) is 0. The number of nitrogens with zero attached hydrogens (tertiary/aromatic N) is 1. The lowest BCUT2D eigenvalue weighted by Gasteiger charge is -2.26. The molecule has 102 valence electrons. The van der Waals surface area contributed by atoms with E-state index in [0.29, 0.717) is 32.0 Å². The van der Waals surface area contributed by atoms with E-state index in [1.165, 1.54) is 18.7 Å². The lowest BCUT2D eigenvalue weighted by atomic mass is 10.3. The highest BCUT2D eigenvalue weighted by molar-refractivity contribution is 8.00. The molecule has 1 saturated heterocycles. The van der Waals surface area contributed by atoms with Crippen LogP contribution in [0.15, 0.2) is 0 Å². The summed E-state index contributed by atoms with van der Waals surface area (Å²) in [6, 6.07) is 0. The Labute approximate surface area is 110 Å². The second kappa shape index (κ2) is 7.97. The van der Waals surface area contributed by atoms with Gasteiger partial charge in [-0.05, 0) is 13.3 Å². The third-order valence-corrected chi connectivity index (χ3v) is 3.38. The number of rotatable bonds is 7. The molecule has 0 bridgehead atoms. The fourth-order valence-corrected chi connectivity index (χ4v) is 2.15. The molecule has 0 saturated carbocycles. The summed E-state index contributed by atoms with van der Waals surface area (Å²) in [6.45, 7) is 3.51. The van der Waals surface area contributed by atoms with Crippen LogP contribution >= 0.6 is 11.8 Å². The Hall–Kier alpha value is -1.24. The number of ketones is 1. The molecule has 0 unspecified atom stereocenters. The van der Waals surface area contributed by atoms with Crippen LogP contribution in [-0.4, -0.2) is 60.4 Å². The zero-order valence-electron chi connectivity index (χ0n) is 10.4. The van der Waals surface area contributed by atoms with Gasteiger partial charge in [0.1, 0.15) is 5.78 Å². The van der Waals surface area contributed by atoms with Gasteiger partial charge in [0.15, 0.2) is 0 Å². The van der Waals surface area contributed by atoms with Crippen molar-refractivity contribution in [2.75, 3.05) is 37.7 Å². The average molecular weight is 274 g/mol. The second-order valence-electron chi connectivity index (χ2n) is 4.00. The summed E-state index contributed by atoms with van der Waals surface area (Å²) in [5.74, 6) is 0.561. The van der Waals surface area contributed by atoms with Crippen molar-refractivity contribution in [3.05, 3.63) is 0 Å². The fourth-order valence-electron chi connectivity index (χ4n) is 1.47. The minimum atomic E-state index is -0.318. The van der Waals surface area contributed by atoms with E-state index in [2.05, 4.69) is 5.32 Å². The van der Waals surface area contributed by atoms with Crippen LogP contribution < -0.4 is 5.32 Å². The predicted molar refractivity (Wildman–Crippen MR) is 68.6 cm³/mol. The van der Waals surface area contributed by atoms with Crippen molar-refractivity contribution in [1.29, 1.82) is 0 Å². The first-order chi connectivity index (χ1) is 8.59. The van der Waals surface area contributed by atoms with Crippen LogP contribution in [0.5, 0.6) is 0 Å². The van der Waals surface area contributed by atoms with Gasteiger partial charge < -0.3 is 15.0 Å². The Balaban J connectivity index is 2.07. The standard InChI is InChI=1S/C11H18N2O4S/c1-9(14)7-18-8-10(15)12-3-5-13-4-2-6-17-11(13)16/h2-8H2,1H3,(H,12,15). The molecule has 0 aliphatic carbocycles. The number of nitrogens with one attached hydrogen (secondary N) is 1. The summed E-state index contributed by atoms with van der Waals surface area (Å²) < 4.78 is 4.87. The summed E-state index contributed by atoms with van der Waals surface area (Å²) in [5, 5.41) is 2.70. The van der Waals surface area contributed by atoms with E-state index >= 15 is 0 Å². The normalized spacial score (nSPS) is 15.2. The molecule has 0 atom stereocenters. The third kappa shape index (κ3) is 5.90. The highest BCUT2D eigenvalue weighted by Crippen LogP contribution is 2.03. The van der Waals surface area contributed by atoms with Gasteiger partial charge in [0, 0.05) is 19.6 Å². The maximum Gasteiger partial charge on any atom is 0.409 e. The Morgan fingerprint density at radius 2 is 2.22 bits per heavy atom. The van der Waals surface area contributed by atoms with Crippen molar-refractivity contribution in [1.82, 2.24) is 10.2 Å². The minimum absolute atomic E-state index is 0.0591. The first-order valence-corrected chi connectivity index (χ1v) is 7.00. The van der Waals surface area contributed by atoms with Crippen molar-refractivity contribution >= 4 is 29.5 Å². The zero-order chi connectivity index (χ0) is 13.4. The van der Waals surface area contributed by atoms with Crippen LogP contribution in [0.1, 0.15) is 13.3 Å². The van der Waals surface area contributed by atoms with E-state index in [1.54, 1.807) is 4.90 Å². The number of carbonyl (C=O) groups is 3. The summed E-state index contributed by atoms with van der Waals surface area (Å²) >= 11 is 1.29. The lowest BCUT2D eigenvalue weighted by molar-refractivity contribution is -0.118. The number of amides is 2. The van der Waals surface area contributed by atoms with Crippen LogP contribution in [0.3, 0.4) is 0 Å². The molecular weight excluding hydrogens is 256 g/mol. The molecule has 1 N–H and O–H groups in total. The maximum absolute atomic E-state index is 11.4. The second-order valence-corrected chi connectivity index (χ2v) is 4.99. The van der Waals surface area contributed by atoms with Gasteiger partial charge >= 0.3 is 6.09 Å². The number of hydrogen-bond donors (Lipinski definition) is 1. The molecule has 0 aromatic heterocycles. The van der Waals surface area contributed by atoms with Crippen molar-refractivity contribution in [2.24, 2.45) is 0 Å². The van der Waals surface area contributed by atoms with Gasteiger partial charge in [-0.2, -0.15) is 0 Å². The van der Waals surface area contributed by atoms with E-state index in [1.807, 2.05) is 0 Å². The van der Waals surface area contributed by atoms with E-state index < -0.39 is 0 Å². The van der Waals surface area contributed by atoms with E-state index in [4.69, 9.17) is 4.74 Å². The lowest BCUT2D eigenvalue weighted by Crippen LogP contribution is -2.42. The summed E-state index contributed by atoms with van der Waals surface area (Å²) in [6.07, 6.45) is 0.509. The van der Waals surface area contributed by atoms with Crippen LogP contribution in [0, 0.1) is 0 Å². The molecule has 7 heteroatoms. The number of thioether (sulfide) groups is 1. The number of cyclic esters (lactones) is 1. The average Bonchev–Trinajstić information content (AvgIpc) is 2.31. The molecule has 1 aliphatic heterocycles. The quantitative estimate of drug-likeness (QED) is 0.721. The molecule has 0 aromatic carbocycles. The zero-order valence-corrected chi connectivity index (χ0v) is 11.3. The Morgan fingerprint density at radius 3 is 2.89 bits per heavy atom. The van der Waals surface area contributed by atoms with Crippen LogP contribution in [0.2, 0.25) is 0 Å². The Morgan fingerprint density at radius 1 is 1.44 bits per heavy atom. The molecule has 6 nitrogen and oxygen atoms in total. The fraction of sp³-hybridized carbons (Fsp3) is 0.727. The van der Waals surface area contributed by atoms with Crippen LogP contribution in [-0.2, 0) is 14.3 Å². The monoisotopic (exact) mass is 274 g/mol. The Bertz CT molecular complexity index is 322. The third-order valence-electron chi connectivity index (χ3n) is 2.30. The van der Waals surface area contributed by atoms with Gasteiger partial charge in [-0.15, -0.1) is 11.8 Å². The maximum atomic E-state index is 11.4. The molecule has 1 rings (SSSR count). The number of hydrogen-bond acceptors (Lipinski definition) is 5. The highest BCUT2D eigenvalue weighted by atomic mass is 32.2. The molecule has 1 aliphatic rings. The van der Waals surface area contributed by atoms with E-state index in [9.17, 15) is 14.4 Å². The summed E-state index contributed by atoms with van der Waals surface area (Å²) in [7, 11) is 0. The van der Waals surface area contributed by atoms with Crippen molar-refractivity contribution in [3.63, 3.8) is 0 Å². The van der Waals surface area contributed by atoms with Gasteiger partial charge in [-0.25, -0.2) is 4.79 Å². The molecular formula is C11H18N2O4S. The van der Waals surface area contributed by atoms with Crippen molar-refractivity contribution < 1.29 is 19.1 Å². The van der Waals surface area contributed by atoms with Crippen molar-refractivity contribution in [2.45, 2.75) is 13.3 Å². The number of ether oxygens (including phenoxy) is 1. The number of carbonyl (C=O) groups excluding carboxylic acids is 3. The highest BCUT2D eigenvalue weighted by Gasteiger charge is 2.18. The SMILES string of the molecule is CC(=O)CSCC(=O)NCCN1CCCOC1=O. The molecule has 2 amide bonds. The topological polar surface area (TPSA) is 75.7 Å². The van der Waals surface area contributed by atoms with Gasteiger partial charge in [0.05, 0.1) is 18.1 Å². The van der Waals surface area contributed by atoms with Gasteiger partial charge in [-0.1, -0.05) is 0 Å². The van der Waals surface area contributed by atoms with Gasteiger partial charge in [0.25, 0.3) is 0 Å². The van der Waals surface area contributed by atoms with Crippen LogP contribution in [0.4, 0.5) is 4.79 Å². The molecule has 1 fully saturated rings. The molecule has 1 heterocycles. The van der Waals surface area contributed by atoms with E-state index in [0.717, 1.165) is 6.42 Å². The predicted octanol–water partition coefficient (Wildman–Crippen LogP) is 0.267. The molecule has 0 spiro atoms. The minimum Gasteiger partial charge on any atom is -0.449 e. The molecule has 18 heavy (non-hydrogen) atoms. The molecule has 0 aromatic rings. The Kier molecular flexibility index (Phi) is 6.56. The van der Waals surface area contributed by atoms with Gasteiger partial charge in [-0.3, -0.25) is 9.59 Å². The van der Waals surface area contributed by atoms with E-state index in [-0.39, 0.29) is 23.5 Å². The first kappa shape index (κ1) is 14.8. The largest absolute Gasteiger partial charge is 0.449 e.